The lowest BCUT2D eigenvalue weighted by Gasteiger charge is -2.09. The van der Waals surface area contributed by atoms with Gasteiger partial charge in [-0.1, -0.05) is 6.07 Å². The summed E-state index contributed by atoms with van der Waals surface area (Å²) in [7, 11) is 0. The number of hydrogen-bond donors (Lipinski definition) is 3. The van der Waals surface area contributed by atoms with Crippen molar-refractivity contribution in [1.29, 1.82) is 0 Å². The summed E-state index contributed by atoms with van der Waals surface area (Å²) in [5.41, 5.74) is 5.79. The van der Waals surface area contributed by atoms with Gasteiger partial charge in [-0.25, -0.2) is 4.98 Å². The smallest absolute Gasteiger partial charge is 0.242 e. The number of imidazole rings is 1. The quantitative estimate of drug-likeness (QED) is 0.733. The number of hydrogen-bond acceptors (Lipinski definition) is 4. The fraction of sp³-hybridized carbons (Fsp3) is 0.200. The minimum atomic E-state index is -0.602. The van der Waals surface area contributed by atoms with Gasteiger partial charge in [-0.3, -0.25) is 4.79 Å². The van der Waals surface area contributed by atoms with E-state index in [-0.39, 0.29) is 5.91 Å². The van der Waals surface area contributed by atoms with Crippen molar-refractivity contribution in [1.82, 2.24) is 15.3 Å². The summed E-state index contributed by atoms with van der Waals surface area (Å²) in [6.45, 7) is 0.366. The predicted octanol–water partition coefficient (Wildman–Crippen LogP) is 0.787. The minimum absolute atomic E-state index is 0.196. The van der Waals surface area contributed by atoms with Crippen LogP contribution in [0.3, 0.4) is 0 Å². The summed E-state index contributed by atoms with van der Waals surface area (Å²) in [5.74, 6) is 0.519. The molecule has 0 radical (unpaired) electrons. The summed E-state index contributed by atoms with van der Waals surface area (Å²) < 4.78 is 0. The fourth-order valence-corrected chi connectivity index (χ4v) is 2.00. The molecule has 2 heterocycles. The van der Waals surface area contributed by atoms with Crippen LogP contribution in [0, 0.1) is 0 Å². The molecule has 0 spiro atoms. The molecule has 1 unspecified atom stereocenters. The summed E-state index contributed by atoms with van der Waals surface area (Å²) in [6.07, 6.45) is 3.35. The number of nitrogens with two attached hydrogens (primary N) is 1. The number of aromatic nitrogens is 2. The Morgan fingerprint density at radius 1 is 1.69 bits per heavy atom. The first-order valence-electron chi connectivity index (χ1n) is 4.82. The molecule has 6 heteroatoms. The molecule has 4 N–H and O–H groups in total. The van der Waals surface area contributed by atoms with Gasteiger partial charge in [0, 0.05) is 17.3 Å². The minimum Gasteiger partial charge on any atom is -0.347 e. The van der Waals surface area contributed by atoms with Crippen LogP contribution in [0.2, 0.25) is 0 Å². The van der Waals surface area contributed by atoms with Gasteiger partial charge in [0.25, 0.3) is 0 Å². The Labute approximate surface area is 96.7 Å². The Morgan fingerprint density at radius 2 is 2.56 bits per heavy atom. The molecule has 1 atom stereocenters. The monoisotopic (exact) mass is 236 g/mol. The average Bonchev–Trinajstić information content (AvgIpc) is 2.96. The zero-order valence-electron chi connectivity index (χ0n) is 8.51. The van der Waals surface area contributed by atoms with Crippen LogP contribution in [-0.2, 0) is 11.3 Å². The zero-order chi connectivity index (χ0) is 11.4. The van der Waals surface area contributed by atoms with Crippen LogP contribution in [0.4, 0.5) is 0 Å². The highest BCUT2D eigenvalue weighted by atomic mass is 32.1. The van der Waals surface area contributed by atoms with Gasteiger partial charge in [0.15, 0.2) is 0 Å². The third kappa shape index (κ3) is 2.47. The summed E-state index contributed by atoms with van der Waals surface area (Å²) >= 11 is 1.47. The molecule has 0 bridgehead atoms. The molecule has 0 fully saturated rings. The molecule has 0 saturated heterocycles. The molecule has 1 amide bonds. The molecular formula is C10H12N4OS. The van der Waals surface area contributed by atoms with E-state index < -0.39 is 6.04 Å². The third-order valence-electron chi connectivity index (χ3n) is 2.12. The van der Waals surface area contributed by atoms with E-state index in [1.807, 2.05) is 17.5 Å². The number of amides is 1. The second-order valence-corrected chi connectivity index (χ2v) is 4.23. The number of nitrogens with one attached hydrogen (secondary N) is 2. The maximum absolute atomic E-state index is 11.7. The first kappa shape index (κ1) is 10.8. The maximum Gasteiger partial charge on any atom is 0.242 e. The second-order valence-electron chi connectivity index (χ2n) is 3.25. The van der Waals surface area contributed by atoms with E-state index in [1.165, 1.54) is 11.3 Å². The first-order valence-corrected chi connectivity index (χ1v) is 5.70. The molecule has 0 aromatic carbocycles. The van der Waals surface area contributed by atoms with E-state index in [1.54, 1.807) is 12.4 Å². The fourth-order valence-electron chi connectivity index (χ4n) is 1.27. The summed E-state index contributed by atoms with van der Waals surface area (Å²) in [6, 6.07) is 3.12. The van der Waals surface area contributed by atoms with Crippen molar-refractivity contribution in [3.05, 3.63) is 40.6 Å². The van der Waals surface area contributed by atoms with Crippen molar-refractivity contribution in [3.63, 3.8) is 0 Å². The van der Waals surface area contributed by atoms with E-state index in [9.17, 15) is 4.79 Å². The van der Waals surface area contributed by atoms with Crippen molar-refractivity contribution in [2.45, 2.75) is 12.6 Å². The normalized spacial score (nSPS) is 12.3. The third-order valence-corrected chi connectivity index (χ3v) is 3.07. The highest BCUT2D eigenvalue weighted by Gasteiger charge is 2.16. The highest BCUT2D eigenvalue weighted by molar-refractivity contribution is 7.10. The largest absolute Gasteiger partial charge is 0.347 e. The van der Waals surface area contributed by atoms with Crippen LogP contribution in [0.15, 0.2) is 29.9 Å². The van der Waals surface area contributed by atoms with Crippen LogP contribution in [0.1, 0.15) is 16.7 Å². The van der Waals surface area contributed by atoms with Crippen molar-refractivity contribution in [2.24, 2.45) is 5.73 Å². The van der Waals surface area contributed by atoms with Gasteiger partial charge >= 0.3 is 0 Å². The molecule has 0 aliphatic heterocycles. The average molecular weight is 236 g/mol. The van der Waals surface area contributed by atoms with E-state index in [0.29, 0.717) is 12.4 Å². The van der Waals surface area contributed by atoms with Gasteiger partial charge in [-0.15, -0.1) is 11.3 Å². The van der Waals surface area contributed by atoms with Crippen LogP contribution in [0.5, 0.6) is 0 Å². The SMILES string of the molecule is NC(C(=O)NCc1ncc[nH]1)c1cccs1. The standard InChI is InChI=1S/C10H12N4OS/c11-9(7-2-1-5-16-7)10(15)14-6-8-12-3-4-13-8/h1-5,9H,6,11H2,(H,12,13)(H,14,15). The summed E-state index contributed by atoms with van der Waals surface area (Å²) in [5, 5.41) is 4.62. The number of carbonyl (C=O) groups is 1. The predicted molar refractivity (Wildman–Crippen MR) is 61.7 cm³/mol. The zero-order valence-corrected chi connectivity index (χ0v) is 9.33. The van der Waals surface area contributed by atoms with Crippen LogP contribution >= 0.6 is 11.3 Å². The Kier molecular flexibility index (Phi) is 3.33. The summed E-state index contributed by atoms with van der Waals surface area (Å²) in [4.78, 5) is 19.4. The number of thiophene rings is 1. The van der Waals surface area contributed by atoms with Crippen LogP contribution in [0.25, 0.3) is 0 Å². The number of aromatic amines is 1. The topological polar surface area (TPSA) is 83.8 Å². The van der Waals surface area contributed by atoms with Gasteiger partial charge < -0.3 is 16.0 Å². The van der Waals surface area contributed by atoms with Gasteiger partial charge in [-0.2, -0.15) is 0 Å². The molecule has 2 aromatic heterocycles. The lowest BCUT2D eigenvalue weighted by molar-refractivity contribution is -0.122. The number of rotatable bonds is 4. The molecule has 16 heavy (non-hydrogen) atoms. The number of carbonyl (C=O) groups excluding carboxylic acids is 1. The van der Waals surface area contributed by atoms with Crippen molar-refractivity contribution < 1.29 is 4.79 Å². The van der Waals surface area contributed by atoms with Gasteiger partial charge in [-0.05, 0) is 11.4 Å². The van der Waals surface area contributed by atoms with Crippen molar-refractivity contribution in [3.8, 4) is 0 Å². The molecule has 2 aromatic rings. The van der Waals surface area contributed by atoms with E-state index in [0.717, 1.165) is 4.88 Å². The number of H-pyrrole nitrogens is 1. The van der Waals surface area contributed by atoms with Crippen molar-refractivity contribution in [2.75, 3.05) is 0 Å². The number of nitrogens with zero attached hydrogens (tertiary/aromatic N) is 1. The Morgan fingerprint density at radius 3 is 3.19 bits per heavy atom. The Balaban J connectivity index is 1.89. The highest BCUT2D eigenvalue weighted by Crippen LogP contribution is 2.16. The lowest BCUT2D eigenvalue weighted by atomic mass is 10.2. The van der Waals surface area contributed by atoms with Gasteiger partial charge in [0.1, 0.15) is 11.9 Å². The van der Waals surface area contributed by atoms with E-state index >= 15 is 0 Å². The second kappa shape index (κ2) is 4.91. The maximum atomic E-state index is 11.7. The lowest BCUT2D eigenvalue weighted by Crippen LogP contribution is -2.33. The molecule has 5 nitrogen and oxygen atoms in total. The molecule has 0 aliphatic carbocycles. The molecule has 0 saturated carbocycles. The van der Waals surface area contributed by atoms with E-state index in [2.05, 4.69) is 15.3 Å². The molecule has 0 aliphatic rings. The Hall–Kier alpha value is -1.66. The van der Waals surface area contributed by atoms with Crippen LogP contribution in [-0.4, -0.2) is 15.9 Å². The molecule has 84 valence electrons. The Bertz CT molecular complexity index is 437. The van der Waals surface area contributed by atoms with E-state index in [4.69, 9.17) is 5.73 Å². The molecule has 2 rings (SSSR count). The molecular weight excluding hydrogens is 224 g/mol. The van der Waals surface area contributed by atoms with Crippen LogP contribution < -0.4 is 11.1 Å². The van der Waals surface area contributed by atoms with Crippen molar-refractivity contribution >= 4 is 17.2 Å². The van der Waals surface area contributed by atoms with Gasteiger partial charge in [0.05, 0.1) is 6.54 Å². The first-order chi connectivity index (χ1) is 7.77. The van der Waals surface area contributed by atoms with Gasteiger partial charge in [0.2, 0.25) is 5.91 Å².